The maximum absolute atomic E-state index is 13.7. The molecule has 10 heteroatoms. The second kappa shape index (κ2) is 7.80. The molecule has 7 nitrogen and oxygen atoms in total. The molecule has 1 saturated carbocycles. The number of fused-ring (bicyclic) bond motifs is 4. The van der Waals surface area contributed by atoms with Gasteiger partial charge in [0, 0.05) is 11.5 Å². The van der Waals surface area contributed by atoms with Gasteiger partial charge in [-0.1, -0.05) is 39.7 Å². The zero-order valence-corrected chi connectivity index (χ0v) is 22.5. The van der Waals surface area contributed by atoms with Gasteiger partial charge in [0.25, 0.3) is 11.8 Å². The highest BCUT2D eigenvalue weighted by molar-refractivity contribution is 9.09. The summed E-state index contributed by atoms with van der Waals surface area (Å²) in [5.74, 6) is -4.34. The van der Waals surface area contributed by atoms with Gasteiger partial charge < -0.3 is 5.11 Å². The molecule has 186 valence electrons. The van der Waals surface area contributed by atoms with Crippen molar-refractivity contribution >= 4 is 62.8 Å². The second-order valence-corrected chi connectivity index (χ2v) is 12.5. The minimum absolute atomic E-state index is 0.0350. The van der Waals surface area contributed by atoms with Crippen LogP contribution in [0.3, 0.4) is 0 Å². The van der Waals surface area contributed by atoms with Crippen molar-refractivity contribution in [3.8, 4) is 5.75 Å². The van der Waals surface area contributed by atoms with Gasteiger partial charge in [-0.3, -0.25) is 29.0 Å². The van der Waals surface area contributed by atoms with Gasteiger partial charge in [0.1, 0.15) is 5.75 Å². The fraction of sp³-hybridized carbons (Fsp3) is 0.520. The van der Waals surface area contributed by atoms with Crippen LogP contribution in [0.5, 0.6) is 5.75 Å². The molecule has 2 aliphatic heterocycles. The minimum atomic E-state index is -1.83. The molecule has 0 bridgehead atoms. The highest BCUT2D eigenvalue weighted by Crippen LogP contribution is 2.65. The lowest BCUT2D eigenvalue weighted by atomic mass is 9.56. The average molecular weight is 584 g/mol. The number of carbonyl (C=O) groups excluding carboxylic acids is 4. The van der Waals surface area contributed by atoms with Gasteiger partial charge in [0.2, 0.25) is 11.8 Å². The Morgan fingerprint density at radius 1 is 1.03 bits per heavy atom. The number of nitrogens with zero attached hydrogens (tertiary/aromatic N) is 2. The Kier molecular flexibility index (Phi) is 5.52. The molecule has 3 fully saturated rings. The van der Waals surface area contributed by atoms with E-state index in [1.54, 1.807) is 12.1 Å². The normalized spacial score (nSPS) is 36.8. The van der Waals surface area contributed by atoms with Crippen molar-refractivity contribution in [2.45, 2.75) is 54.8 Å². The van der Waals surface area contributed by atoms with Crippen LogP contribution in [0.2, 0.25) is 0 Å². The van der Waals surface area contributed by atoms with Gasteiger partial charge in [-0.05, 0) is 57.2 Å². The number of rotatable bonds is 2. The van der Waals surface area contributed by atoms with Crippen LogP contribution in [0.4, 0.5) is 0 Å². The summed E-state index contributed by atoms with van der Waals surface area (Å²) < 4.78 is 0. The Hall–Kier alpha value is -1.90. The lowest BCUT2D eigenvalue weighted by Gasteiger charge is -2.50. The summed E-state index contributed by atoms with van der Waals surface area (Å²) >= 11 is 17.5. The zero-order valence-electron chi connectivity index (χ0n) is 19.4. The molecule has 2 aliphatic carbocycles. The summed E-state index contributed by atoms with van der Waals surface area (Å²) in [7, 11) is 0. The summed E-state index contributed by atoms with van der Waals surface area (Å²) in [5.41, 5.74) is 0.565. The molecular formula is C25H25BrCl2N2O5. The Morgan fingerprint density at radius 3 is 2.23 bits per heavy atom. The molecule has 0 spiro atoms. The van der Waals surface area contributed by atoms with E-state index in [-0.39, 0.29) is 29.4 Å². The van der Waals surface area contributed by atoms with Crippen molar-refractivity contribution < 1.29 is 24.3 Å². The standard InChI is InChI=1S/C25H25BrCl2N2O5/c1-23(2,3)30-19(32)15-9-8-14-16(17(15)20(30)33)10-24(27)21(34)29(11-26)22(35)25(24,28)18(14)12-4-6-13(31)7-5-12/h4-8,15-18,31H,9-11H2,1-3H3. The van der Waals surface area contributed by atoms with Gasteiger partial charge in [-0.25, -0.2) is 0 Å². The van der Waals surface area contributed by atoms with E-state index in [4.69, 9.17) is 23.2 Å². The van der Waals surface area contributed by atoms with E-state index in [0.717, 1.165) is 10.5 Å². The van der Waals surface area contributed by atoms with E-state index < -0.39 is 50.8 Å². The number of carbonyl (C=O) groups is 4. The zero-order chi connectivity index (χ0) is 25.7. The number of aromatic hydroxyl groups is 1. The number of likely N-dealkylation sites (tertiary alicyclic amines) is 2. The number of benzene rings is 1. The first-order valence-electron chi connectivity index (χ1n) is 11.5. The number of halogens is 3. The Labute approximate surface area is 221 Å². The fourth-order valence-corrected chi connectivity index (χ4v) is 7.88. The smallest absolute Gasteiger partial charge is 0.254 e. The lowest BCUT2D eigenvalue weighted by Crippen LogP contribution is -2.60. The molecule has 6 atom stereocenters. The Bertz CT molecular complexity index is 1200. The highest BCUT2D eigenvalue weighted by Gasteiger charge is 2.76. The predicted octanol–water partition coefficient (Wildman–Crippen LogP) is 3.90. The number of hydrogen-bond donors (Lipinski definition) is 1. The third-order valence-electron chi connectivity index (χ3n) is 7.91. The topological polar surface area (TPSA) is 95.0 Å². The monoisotopic (exact) mass is 582 g/mol. The summed E-state index contributed by atoms with van der Waals surface area (Å²) in [6.07, 6.45) is 2.19. The van der Waals surface area contributed by atoms with Crippen LogP contribution in [0.1, 0.15) is 45.1 Å². The van der Waals surface area contributed by atoms with E-state index >= 15 is 0 Å². The van der Waals surface area contributed by atoms with Crippen LogP contribution in [-0.4, -0.2) is 59.3 Å². The molecule has 1 aromatic rings. The molecule has 0 aromatic heterocycles. The summed E-state index contributed by atoms with van der Waals surface area (Å²) in [4.78, 5) is 52.8. The molecular weight excluding hydrogens is 559 g/mol. The summed E-state index contributed by atoms with van der Waals surface area (Å²) in [6.45, 7) is 5.44. The van der Waals surface area contributed by atoms with Crippen molar-refractivity contribution in [1.29, 1.82) is 0 Å². The largest absolute Gasteiger partial charge is 0.508 e. The van der Waals surface area contributed by atoms with Crippen LogP contribution >= 0.6 is 39.1 Å². The van der Waals surface area contributed by atoms with E-state index in [9.17, 15) is 24.3 Å². The van der Waals surface area contributed by atoms with Gasteiger partial charge in [-0.15, -0.1) is 23.2 Å². The lowest BCUT2D eigenvalue weighted by molar-refractivity contribution is -0.146. The number of amides is 4. The molecule has 6 unspecified atom stereocenters. The second-order valence-electron chi connectivity index (χ2n) is 10.8. The number of imide groups is 2. The fourth-order valence-electron chi connectivity index (χ4n) is 6.45. The van der Waals surface area contributed by atoms with Gasteiger partial charge in [-0.2, -0.15) is 0 Å². The van der Waals surface area contributed by atoms with Gasteiger partial charge in [0.15, 0.2) is 9.75 Å². The van der Waals surface area contributed by atoms with Crippen molar-refractivity contribution in [1.82, 2.24) is 9.80 Å². The maximum atomic E-state index is 13.7. The van der Waals surface area contributed by atoms with Crippen LogP contribution in [-0.2, 0) is 19.2 Å². The Balaban J connectivity index is 1.71. The molecule has 1 aromatic carbocycles. The van der Waals surface area contributed by atoms with Gasteiger partial charge in [0.05, 0.1) is 17.3 Å². The quantitative estimate of drug-likeness (QED) is 0.247. The van der Waals surface area contributed by atoms with Crippen molar-refractivity contribution in [2.75, 3.05) is 5.45 Å². The van der Waals surface area contributed by atoms with E-state index in [1.165, 1.54) is 17.0 Å². The molecule has 4 aliphatic rings. The first kappa shape index (κ1) is 24.8. The van der Waals surface area contributed by atoms with Crippen LogP contribution in [0, 0.1) is 17.8 Å². The molecule has 2 saturated heterocycles. The van der Waals surface area contributed by atoms with Gasteiger partial charge >= 0.3 is 0 Å². The van der Waals surface area contributed by atoms with Crippen molar-refractivity contribution in [3.05, 3.63) is 41.5 Å². The molecule has 5 rings (SSSR count). The van der Waals surface area contributed by atoms with Crippen LogP contribution < -0.4 is 0 Å². The maximum Gasteiger partial charge on any atom is 0.254 e. The average Bonchev–Trinajstić information content (AvgIpc) is 3.13. The third kappa shape index (κ3) is 3.08. The van der Waals surface area contributed by atoms with Crippen LogP contribution in [0.15, 0.2) is 35.9 Å². The molecule has 0 radical (unpaired) electrons. The van der Waals surface area contributed by atoms with E-state index in [1.807, 2.05) is 26.8 Å². The first-order valence-corrected chi connectivity index (χ1v) is 13.3. The molecule has 1 N–H and O–H groups in total. The number of allylic oxidation sites excluding steroid dienone is 2. The highest BCUT2D eigenvalue weighted by atomic mass is 79.9. The molecule has 35 heavy (non-hydrogen) atoms. The predicted molar refractivity (Wildman–Crippen MR) is 133 cm³/mol. The third-order valence-corrected chi connectivity index (χ3v) is 9.83. The van der Waals surface area contributed by atoms with E-state index in [2.05, 4.69) is 15.9 Å². The van der Waals surface area contributed by atoms with Crippen molar-refractivity contribution in [2.24, 2.45) is 17.8 Å². The van der Waals surface area contributed by atoms with Crippen molar-refractivity contribution in [3.63, 3.8) is 0 Å². The number of alkyl halides is 3. The summed E-state index contributed by atoms with van der Waals surface area (Å²) in [6, 6.07) is 6.26. The number of phenols is 1. The Morgan fingerprint density at radius 2 is 1.66 bits per heavy atom. The molecule has 4 amide bonds. The van der Waals surface area contributed by atoms with E-state index in [0.29, 0.717) is 12.0 Å². The SMILES string of the molecule is CC(C)(C)N1C(=O)C2CC=C3C(CC4(Cl)C(=O)N(CBr)C(=O)C4(Cl)C3c3ccc(O)cc3)C2C1=O. The molecule has 2 heterocycles. The minimum Gasteiger partial charge on any atom is -0.508 e. The first-order chi connectivity index (χ1) is 16.3. The number of hydrogen-bond acceptors (Lipinski definition) is 5. The summed E-state index contributed by atoms with van der Waals surface area (Å²) in [5, 5.41) is 9.86. The van der Waals surface area contributed by atoms with Crippen LogP contribution in [0.25, 0.3) is 0 Å². The number of phenolic OH excluding ortho intramolecular Hbond substituents is 1.